The van der Waals surface area contributed by atoms with Gasteiger partial charge in [-0.2, -0.15) is 0 Å². The van der Waals surface area contributed by atoms with Crippen molar-refractivity contribution in [2.75, 3.05) is 26.4 Å². The molecule has 172 valence electrons. The maximum Gasteiger partial charge on any atom is 0.254 e. The summed E-state index contributed by atoms with van der Waals surface area (Å²) in [4.78, 5) is 19.2. The van der Waals surface area contributed by atoms with E-state index in [1.807, 2.05) is 44.2 Å². The highest BCUT2D eigenvalue weighted by Crippen LogP contribution is 2.32. The van der Waals surface area contributed by atoms with Gasteiger partial charge < -0.3 is 23.8 Å². The minimum Gasteiger partial charge on any atom is -0.490 e. The van der Waals surface area contributed by atoms with Crippen LogP contribution < -0.4 is 18.9 Å². The highest BCUT2D eigenvalue weighted by molar-refractivity contribution is 5.95. The number of carbonyl (C=O) groups excluding carboxylic acids is 1. The average Bonchev–Trinajstić information content (AvgIpc) is 2.86. The Morgan fingerprint density at radius 2 is 1.82 bits per heavy atom. The van der Waals surface area contributed by atoms with Crippen LogP contribution in [0.2, 0.25) is 0 Å². The summed E-state index contributed by atoms with van der Waals surface area (Å²) in [5.41, 5.74) is 2.49. The number of hydrogen-bond donors (Lipinski definition) is 0. The lowest BCUT2D eigenvalue weighted by Crippen LogP contribution is -2.30. The first-order valence-corrected chi connectivity index (χ1v) is 11.1. The Hall–Kier alpha value is -3.74. The Bertz CT molecular complexity index is 1090. The second-order valence-corrected chi connectivity index (χ2v) is 7.54. The first-order chi connectivity index (χ1) is 16.2. The van der Waals surface area contributed by atoms with Gasteiger partial charge in [-0.1, -0.05) is 12.1 Å². The molecule has 0 atom stereocenters. The van der Waals surface area contributed by atoms with Crippen LogP contribution in [0.15, 0.2) is 60.9 Å². The number of pyridine rings is 1. The van der Waals surface area contributed by atoms with Gasteiger partial charge in [0.05, 0.1) is 6.61 Å². The Balaban J connectivity index is 1.49. The zero-order valence-corrected chi connectivity index (χ0v) is 19.0. The van der Waals surface area contributed by atoms with Crippen molar-refractivity contribution in [1.29, 1.82) is 0 Å². The van der Waals surface area contributed by atoms with Gasteiger partial charge in [-0.25, -0.2) is 0 Å². The fourth-order valence-corrected chi connectivity index (χ4v) is 3.59. The SMILES string of the molecule is CCOc1cc(C(=O)N(CC)Cc2ccc3c(c2)OCCO3)ccc1OCc1cccnc1. The van der Waals surface area contributed by atoms with E-state index < -0.39 is 0 Å². The molecular formula is C26H28N2O5. The van der Waals surface area contributed by atoms with Crippen LogP contribution in [0.3, 0.4) is 0 Å². The van der Waals surface area contributed by atoms with Crippen molar-refractivity contribution >= 4 is 5.91 Å². The van der Waals surface area contributed by atoms with Crippen molar-refractivity contribution in [3.05, 3.63) is 77.6 Å². The van der Waals surface area contributed by atoms with Gasteiger partial charge in [0, 0.05) is 36.6 Å². The van der Waals surface area contributed by atoms with E-state index in [4.69, 9.17) is 18.9 Å². The van der Waals surface area contributed by atoms with E-state index in [0.717, 1.165) is 22.6 Å². The standard InChI is InChI=1S/C26H28N2O5/c1-3-28(17-19-7-9-22-24(14-19)32-13-12-31-22)26(29)21-8-10-23(25(15-21)30-4-2)33-18-20-6-5-11-27-16-20/h5-11,14-16H,3-4,12-13,17-18H2,1-2H3. The molecule has 0 unspecified atom stereocenters. The molecule has 0 radical (unpaired) electrons. The highest BCUT2D eigenvalue weighted by Gasteiger charge is 2.19. The highest BCUT2D eigenvalue weighted by atomic mass is 16.6. The fraction of sp³-hybridized carbons (Fsp3) is 0.308. The predicted octanol–water partition coefficient (Wildman–Crippen LogP) is 4.49. The van der Waals surface area contributed by atoms with Gasteiger partial charge in [-0.3, -0.25) is 9.78 Å². The quantitative estimate of drug-likeness (QED) is 0.480. The molecule has 0 fully saturated rings. The number of fused-ring (bicyclic) bond motifs is 1. The molecule has 0 bridgehead atoms. The maximum atomic E-state index is 13.3. The first-order valence-electron chi connectivity index (χ1n) is 11.1. The molecule has 0 saturated carbocycles. The minimum absolute atomic E-state index is 0.0767. The molecular weight excluding hydrogens is 420 g/mol. The van der Waals surface area contributed by atoms with Gasteiger partial charge in [-0.05, 0) is 55.8 Å². The third-order valence-corrected chi connectivity index (χ3v) is 5.26. The molecule has 0 aliphatic carbocycles. The van der Waals surface area contributed by atoms with Crippen LogP contribution in [-0.2, 0) is 13.2 Å². The van der Waals surface area contributed by atoms with Crippen molar-refractivity contribution in [3.63, 3.8) is 0 Å². The van der Waals surface area contributed by atoms with E-state index >= 15 is 0 Å². The fourth-order valence-electron chi connectivity index (χ4n) is 3.59. The predicted molar refractivity (Wildman–Crippen MR) is 124 cm³/mol. The summed E-state index contributed by atoms with van der Waals surface area (Å²) in [5, 5.41) is 0. The molecule has 3 aromatic rings. The van der Waals surface area contributed by atoms with E-state index in [0.29, 0.717) is 56.6 Å². The van der Waals surface area contributed by atoms with Gasteiger partial charge in [0.1, 0.15) is 19.8 Å². The van der Waals surface area contributed by atoms with Gasteiger partial charge in [-0.15, -0.1) is 0 Å². The van der Waals surface area contributed by atoms with Crippen molar-refractivity contribution in [2.45, 2.75) is 27.0 Å². The van der Waals surface area contributed by atoms with Gasteiger partial charge in [0.2, 0.25) is 0 Å². The largest absolute Gasteiger partial charge is 0.490 e. The summed E-state index contributed by atoms with van der Waals surface area (Å²) in [6.07, 6.45) is 3.48. The zero-order chi connectivity index (χ0) is 23.0. The van der Waals surface area contributed by atoms with Crippen molar-refractivity contribution in [3.8, 4) is 23.0 Å². The van der Waals surface area contributed by atoms with E-state index in [1.165, 1.54) is 0 Å². The third-order valence-electron chi connectivity index (χ3n) is 5.26. The summed E-state index contributed by atoms with van der Waals surface area (Å²) >= 11 is 0. The summed E-state index contributed by atoms with van der Waals surface area (Å²) in [7, 11) is 0. The van der Waals surface area contributed by atoms with Crippen LogP contribution in [0.1, 0.15) is 35.3 Å². The first kappa shape index (κ1) is 22.5. The molecule has 7 nitrogen and oxygen atoms in total. The Kier molecular flexibility index (Phi) is 7.29. The summed E-state index contributed by atoms with van der Waals surface area (Å²) in [5.74, 6) is 2.51. The molecule has 1 aliphatic heterocycles. The van der Waals surface area contributed by atoms with Gasteiger partial charge in [0.25, 0.3) is 5.91 Å². The topological polar surface area (TPSA) is 70.1 Å². The molecule has 1 amide bonds. The molecule has 7 heteroatoms. The molecule has 4 rings (SSSR count). The average molecular weight is 449 g/mol. The van der Waals surface area contributed by atoms with Crippen LogP contribution in [0.5, 0.6) is 23.0 Å². The number of nitrogens with zero attached hydrogens (tertiary/aromatic N) is 2. The van der Waals surface area contributed by atoms with Crippen LogP contribution in [-0.4, -0.2) is 42.2 Å². The van der Waals surface area contributed by atoms with Crippen molar-refractivity contribution in [1.82, 2.24) is 9.88 Å². The summed E-state index contributed by atoms with van der Waals surface area (Å²) in [6.45, 7) is 6.82. The molecule has 2 aromatic carbocycles. The number of rotatable bonds is 9. The lowest BCUT2D eigenvalue weighted by atomic mass is 10.1. The third kappa shape index (κ3) is 5.55. The van der Waals surface area contributed by atoms with Crippen LogP contribution in [0.4, 0.5) is 0 Å². The number of ether oxygens (including phenoxy) is 4. The van der Waals surface area contributed by atoms with Crippen LogP contribution >= 0.6 is 0 Å². The molecule has 0 saturated heterocycles. The number of benzene rings is 2. The van der Waals surface area contributed by atoms with E-state index in [1.54, 1.807) is 35.5 Å². The molecule has 1 aliphatic rings. The second-order valence-electron chi connectivity index (χ2n) is 7.54. The Morgan fingerprint density at radius 1 is 0.970 bits per heavy atom. The van der Waals surface area contributed by atoms with Gasteiger partial charge in [0.15, 0.2) is 23.0 Å². The lowest BCUT2D eigenvalue weighted by Gasteiger charge is -2.23. The zero-order valence-electron chi connectivity index (χ0n) is 19.0. The number of hydrogen-bond acceptors (Lipinski definition) is 6. The summed E-state index contributed by atoms with van der Waals surface area (Å²) < 4.78 is 23.0. The normalized spacial score (nSPS) is 12.2. The van der Waals surface area contributed by atoms with Crippen LogP contribution in [0, 0.1) is 0 Å². The van der Waals surface area contributed by atoms with Crippen LogP contribution in [0.25, 0.3) is 0 Å². The lowest BCUT2D eigenvalue weighted by molar-refractivity contribution is 0.0751. The molecule has 0 N–H and O–H groups in total. The smallest absolute Gasteiger partial charge is 0.254 e. The second kappa shape index (κ2) is 10.7. The number of aromatic nitrogens is 1. The monoisotopic (exact) mass is 448 g/mol. The summed E-state index contributed by atoms with van der Waals surface area (Å²) in [6, 6.07) is 14.9. The molecule has 0 spiro atoms. The van der Waals surface area contributed by atoms with Gasteiger partial charge >= 0.3 is 0 Å². The molecule has 1 aromatic heterocycles. The van der Waals surface area contributed by atoms with Crippen molar-refractivity contribution in [2.24, 2.45) is 0 Å². The van der Waals surface area contributed by atoms with E-state index in [9.17, 15) is 4.79 Å². The number of carbonyl (C=O) groups is 1. The van der Waals surface area contributed by atoms with E-state index in [2.05, 4.69) is 4.98 Å². The Labute approximate surface area is 193 Å². The van der Waals surface area contributed by atoms with Crippen molar-refractivity contribution < 1.29 is 23.7 Å². The Morgan fingerprint density at radius 3 is 2.58 bits per heavy atom. The maximum absolute atomic E-state index is 13.3. The molecule has 2 heterocycles. The molecule has 33 heavy (non-hydrogen) atoms. The number of amides is 1. The minimum atomic E-state index is -0.0767. The van der Waals surface area contributed by atoms with E-state index in [-0.39, 0.29) is 5.91 Å².